The van der Waals surface area contributed by atoms with Gasteiger partial charge >= 0.3 is 6.18 Å². The number of amides is 1. The molecule has 0 saturated carbocycles. The smallest absolute Gasteiger partial charge is 0.416 e. The van der Waals surface area contributed by atoms with Crippen LogP contribution in [0.15, 0.2) is 53.5 Å². The molecule has 29 heavy (non-hydrogen) atoms. The van der Waals surface area contributed by atoms with E-state index in [0.717, 1.165) is 12.1 Å². The van der Waals surface area contributed by atoms with Gasteiger partial charge in [-0.25, -0.2) is 4.99 Å². The monoisotopic (exact) mass is 522 g/mol. The second-order valence-electron chi connectivity index (χ2n) is 5.84. The van der Waals surface area contributed by atoms with Crippen LogP contribution in [-0.4, -0.2) is 30.1 Å². The van der Waals surface area contributed by atoms with Crippen molar-refractivity contribution in [3.63, 3.8) is 0 Å². The fraction of sp³-hybridized carbons (Fsp3) is 0.263. The van der Waals surface area contributed by atoms with Crippen molar-refractivity contribution in [1.82, 2.24) is 10.6 Å². The van der Waals surface area contributed by atoms with Crippen molar-refractivity contribution >= 4 is 41.5 Å². The lowest BCUT2D eigenvalue weighted by Gasteiger charge is -2.12. The number of aliphatic imine (C=N–C) groups is 1. The van der Waals surface area contributed by atoms with Crippen molar-refractivity contribution in [2.75, 3.05) is 18.4 Å². The minimum Gasteiger partial charge on any atom is -0.508 e. The number of guanidine groups is 1. The highest BCUT2D eigenvalue weighted by Crippen LogP contribution is 2.29. The van der Waals surface area contributed by atoms with E-state index in [9.17, 15) is 23.1 Å². The van der Waals surface area contributed by atoms with Gasteiger partial charge in [-0.15, -0.1) is 24.0 Å². The molecule has 0 fully saturated rings. The molecule has 2 aromatic rings. The summed E-state index contributed by atoms with van der Waals surface area (Å²) in [6.07, 6.45) is -4.37. The average Bonchev–Trinajstić information content (AvgIpc) is 2.65. The molecule has 0 heterocycles. The molecule has 2 rings (SSSR count). The van der Waals surface area contributed by atoms with E-state index in [1.807, 2.05) is 6.92 Å². The Morgan fingerprint density at radius 3 is 2.21 bits per heavy atom. The first-order chi connectivity index (χ1) is 13.3. The zero-order chi connectivity index (χ0) is 20.6. The van der Waals surface area contributed by atoms with Gasteiger partial charge in [0.05, 0.1) is 18.7 Å². The van der Waals surface area contributed by atoms with Crippen LogP contribution in [0.25, 0.3) is 0 Å². The Morgan fingerprint density at radius 2 is 1.66 bits per heavy atom. The molecule has 6 nitrogen and oxygen atoms in total. The summed E-state index contributed by atoms with van der Waals surface area (Å²) >= 11 is 0. The predicted octanol–water partition coefficient (Wildman–Crippen LogP) is 3.72. The Bertz CT molecular complexity index is 810. The Morgan fingerprint density at radius 1 is 1.03 bits per heavy atom. The number of phenols is 1. The van der Waals surface area contributed by atoms with E-state index in [4.69, 9.17) is 0 Å². The zero-order valence-electron chi connectivity index (χ0n) is 15.6. The van der Waals surface area contributed by atoms with Gasteiger partial charge in [-0.2, -0.15) is 13.2 Å². The summed E-state index contributed by atoms with van der Waals surface area (Å²) in [7, 11) is 0. The lowest BCUT2D eigenvalue weighted by atomic mass is 10.1. The van der Waals surface area contributed by atoms with Crippen LogP contribution in [0.4, 0.5) is 18.9 Å². The van der Waals surface area contributed by atoms with Gasteiger partial charge in [-0.3, -0.25) is 4.79 Å². The molecule has 0 aromatic heterocycles. The summed E-state index contributed by atoms with van der Waals surface area (Å²) in [6.45, 7) is 2.51. The normalized spacial score (nSPS) is 11.4. The summed E-state index contributed by atoms with van der Waals surface area (Å²) in [5.74, 6) is 0.148. The minimum absolute atomic E-state index is 0. The van der Waals surface area contributed by atoms with E-state index < -0.39 is 11.7 Å². The summed E-state index contributed by atoms with van der Waals surface area (Å²) < 4.78 is 37.8. The first-order valence-corrected chi connectivity index (χ1v) is 8.55. The molecule has 0 aliphatic carbocycles. The van der Waals surface area contributed by atoms with Crippen molar-refractivity contribution in [3.05, 3.63) is 59.7 Å². The number of benzene rings is 2. The standard InChI is InChI=1S/C19H21F3N4O2.HI/c1-2-23-18(24-11-13-3-5-14(6-4-13)19(20,21)22)25-12-17(28)26-15-7-9-16(27)10-8-15;/h3-10,27H,2,11-12H2,1H3,(H,26,28)(H2,23,24,25);1H. The number of carbonyl (C=O) groups excluding carboxylic acids is 1. The van der Waals surface area contributed by atoms with Crippen molar-refractivity contribution in [2.24, 2.45) is 4.99 Å². The van der Waals surface area contributed by atoms with Crippen molar-refractivity contribution < 1.29 is 23.1 Å². The number of alkyl halides is 3. The van der Waals surface area contributed by atoms with E-state index in [1.54, 1.807) is 12.1 Å². The second kappa shape index (κ2) is 11.5. The third-order valence-corrected chi connectivity index (χ3v) is 3.61. The maximum atomic E-state index is 12.6. The largest absolute Gasteiger partial charge is 0.508 e. The van der Waals surface area contributed by atoms with Gasteiger partial charge in [0, 0.05) is 12.2 Å². The van der Waals surface area contributed by atoms with Crippen molar-refractivity contribution in [2.45, 2.75) is 19.6 Å². The Kier molecular flexibility index (Phi) is 9.72. The molecular weight excluding hydrogens is 500 g/mol. The number of rotatable bonds is 6. The van der Waals surface area contributed by atoms with E-state index in [2.05, 4.69) is 20.9 Å². The number of carbonyl (C=O) groups is 1. The van der Waals surface area contributed by atoms with Gasteiger partial charge in [-0.05, 0) is 48.9 Å². The number of hydrogen-bond donors (Lipinski definition) is 4. The number of phenolic OH excluding ortho intramolecular Hbond substituents is 1. The number of nitrogens with one attached hydrogen (secondary N) is 3. The van der Waals surface area contributed by atoms with Crippen LogP contribution in [0.5, 0.6) is 5.75 Å². The molecule has 1 amide bonds. The van der Waals surface area contributed by atoms with Crippen molar-refractivity contribution in [1.29, 1.82) is 0 Å². The first-order valence-electron chi connectivity index (χ1n) is 8.55. The maximum Gasteiger partial charge on any atom is 0.416 e. The third kappa shape index (κ3) is 8.59. The fourth-order valence-electron chi connectivity index (χ4n) is 2.23. The minimum atomic E-state index is -4.37. The molecule has 2 aromatic carbocycles. The first kappa shape index (κ1) is 24.5. The lowest BCUT2D eigenvalue weighted by Crippen LogP contribution is -2.41. The van der Waals surface area contributed by atoms with Gasteiger partial charge in [0.25, 0.3) is 0 Å². The SMILES string of the molecule is CCNC(=NCc1ccc(C(F)(F)F)cc1)NCC(=O)Nc1ccc(O)cc1.I. The number of hydrogen-bond acceptors (Lipinski definition) is 3. The zero-order valence-corrected chi connectivity index (χ0v) is 17.9. The van der Waals surface area contributed by atoms with Gasteiger partial charge in [-0.1, -0.05) is 12.1 Å². The van der Waals surface area contributed by atoms with Gasteiger partial charge < -0.3 is 21.1 Å². The molecule has 0 unspecified atom stereocenters. The molecule has 0 spiro atoms. The summed E-state index contributed by atoms with van der Waals surface area (Å²) in [5.41, 5.74) is 0.436. The van der Waals surface area contributed by atoms with Crippen LogP contribution in [-0.2, 0) is 17.5 Å². The van der Waals surface area contributed by atoms with Crippen LogP contribution in [0.2, 0.25) is 0 Å². The number of nitrogens with zero attached hydrogens (tertiary/aromatic N) is 1. The topological polar surface area (TPSA) is 85.8 Å². The van der Waals surface area contributed by atoms with Crippen LogP contribution < -0.4 is 16.0 Å². The summed E-state index contributed by atoms with van der Waals surface area (Å²) in [4.78, 5) is 16.3. The molecule has 4 N–H and O–H groups in total. The van der Waals surface area contributed by atoms with E-state index >= 15 is 0 Å². The average molecular weight is 522 g/mol. The lowest BCUT2D eigenvalue weighted by molar-refractivity contribution is -0.137. The molecule has 10 heteroatoms. The molecule has 0 saturated heterocycles. The van der Waals surface area contributed by atoms with Crippen LogP contribution in [0.3, 0.4) is 0 Å². The highest BCUT2D eigenvalue weighted by Gasteiger charge is 2.29. The van der Waals surface area contributed by atoms with E-state index in [1.165, 1.54) is 24.3 Å². The van der Waals surface area contributed by atoms with Gasteiger partial charge in [0.2, 0.25) is 5.91 Å². The predicted molar refractivity (Wildman–Crippen MR) is 116 cm³/mol. The third-order valence-electron chi connectivity index (χ3n) is 3.61. The number of anilines is 1. The molecule has 0 aliphatic heterocycles. The summed E-state index contributed by atoms with van der Waals surface area (Å²) in [5, 5.41) is 17.7. The Hall–Kier alpha value is -2.50. The molecule has 0 radical (unpaired) electrons. The highest BCUT2D eigenvalue weighted by atomic mass is 127. The quantitative estimate of drug-likeness (QED) is 0.202. The molecule has 158 valence electrons. The van der Waals surface area contributed by atoms with Gasteiger partial charge in [0.1, 0.15) is 5.75 Å². The van der Waals surface area contributed by atoms with Crippen LogP contribution in [0.1, 0.15) is 18.1 Å². The summed E-state index contributed by atoms with van der Waals surface area (Å²) in [6, 6.07) is 10.8. The molecule has 0 atom stereocenters. The Balaban J connectivity index is 0.00000420. The van der Waals surface area contributed by atoms with Crippen LogP contribution >= 0.6 is 24.0 Å². The van der Waals surface area contributed by atoms with E-state index in [0.29, 0.717) is 23.8 Å². The number of halogens is 4. The molecule has 0 bridgehead atoms. The van der Waals surface area contributed by atoms with Crippen LogP contribution in [0, 0.1) is 0 Å². The van der Waals surface area contributed by atoms with Gasteiger partial charge in [0.15, 0.2) is 5.96 Å². The maximum absolute atomic E-state index is 12.6. The second-order valence-corrected chi connectivity index (χ2v) is 5.84. The fourth-order valence-corrected chi connectivity index (χ4v) is 2.23. The molecular formula is C19H22F3IN4O2. The Labute approximate surface area is 183 Å². The highest BCUT2D eigenvalue weighted by molar-refractivity contribution is 14.0. The molecule has 0 aliphatic rings. The van der Waals surface area contributed by atoms with Crippen molar-refractivity contribution in [3.8, 4) is 5.75 Å². The number of aromatic hydroxyl groups is 1. The van der Waals surface area contributed by atoms with E-state index in [-0.39, 0.29) is 48.7 Å².